The van der Waals surface area contributed by atoms with E-state index in [4.69, 9.17) is 9.47 Å². The summed E-state index contributed by atoms with van der Waals surface area (Å²) >= 11 is 0. The van der Waals surface area contributed by atoms with Gasteiger partial charge >= 0.3 is 5.97 Å². The zero-order chi connectivity index (χ0) is 15.6. The molecule has 21 heavy (non-hydrogen) atoms. The number of rotatable bonds is 3. The highest BCUT2D eigenvalue weighted by Gasteiger charge is 2.37. The van der Waals surface area contributed by atoms with Crippen molar-refractivity contribution in [1.29, 1.82) is 0 Å². The molecule has 2 rings (SSSR count). The van der Waals surface area contributed by atoms with Crippen LogP contribution in [-0.2, 0) is 14.3 Å². The first-order chi connectivity index (χ1) is 9.86. The predicted molar refractivity (Wildman–Crippen MR) is 80.8 cm³/mol. The third kappa shape index (κ3) is 4.43. The van der Waals surface area contributed by atoms with Crippen LogP contribution in [0.4, 0.5) is 0 Å². The van der Waals surface area contributed by atoms with Gasteiger partial charge in [0, 0.05) is 6.42 Å². The van der Waals surface area contributed by atoms with E-state index in [0.717, 1.165) is 12.8 Å². The third-order valence-corrected chi connectivity index (χ3v) is 4.98. The van der Waals surface area contributed by atoms with Gasteiger partial charge in [-0.05, 0) is 43.9 Å². The molecule has 1 aliphatic heterocycles. The number of aliphatic hydroxyl groups is 1. The molecule has 1 saturated heterocycles. The van der Waals surface area contributed by atoms with E-state index in [2.05, 4.69) is 20.8 Å². The molecule has 2 aliphatic rings. The van der Waals surface area contributed by atoms with Gasteiger partial charge in [0.15, 0.2) is 6.10 Å². The van der Waals surface area contributed by atoms with Gasteiger partial charge in [-0.1, -0.05) is 27.2 Å². The standard InChI is InChI=1S/C17H30O4/c1-10(2)14-6-5-11(3)7-15(14)21-17(19)16-9-13(18)8-12(4)20-16/h10-16,18H,5-9H2,1-4H3/t11-,12+,13-,14+,15-,16-/m1/s1. The van der Waals surface area contributed by atoms with Gasteiger partial charge in [-0.25, -0.2) is 4.79 Å². The fourth-order valence-corrected chi connectivity index (χ4v) is 3.75. The highest BCUT2D eigenvalue weighted by atomic mass is 16.6. The molecule has 0 spiro atoms. The SMILES string of the molecule is CC(C)[C@@H]1CC[C@@H](C)C[C@H]1OC(=O)[C@H]1C[C@H](O)C[C@H](C)O1. The van der Waals surface area contributed by atoms with E-state index >= 15 is 0 Å². The Morgan fingerprint density at radius 3 is 2.52 bits per heavy atom. The minimum atomic E-state index is -0.603. The lowest BCUT2D eigenvalue weighted by molar-refractivity contribution is -0.181. The highest BCUT2D eigenvalue weighted by Crippen LogP contribution is 2.36. The van der Waals surface area contributed by atoms with Gasteiger partial charge in [0.2, 0.25) is 0 Å². The molecule has 1 heterocycles. The van der Waals surface area contributed by atoms with Crippen molar-refractivity contribution in [2.45, 2.75) is 84.2 Å². The molecule has 4 heteroatoms. The van der Waals surface area contributed by atoms with E-state index in [1.54, 1.807) is 0 Å². The Hall–Kier alpha value is -0.610. The van der Waals surface area contributed by atoms with Gasteiger partial charge in [0.1, 0.15) is 6.10 Å². The normalized spacial score (nSPS) is 41.0. The predicted octanol–water partition coefficient (Wildman–Crippen LogP) is 2.92. The number of hydrogen-bond acceptors (Lipinski definition) is 4. The van der Waals surface area contributed by atoms with Crippen molar-refractivity contribution in [3.8, 4) is 0 Å². The van der Waals surface area contributed by atoms with Crippen LogP contribution in [0.2, 0.25) is 0 Å². The topological polar surface area (TPSA) is 55.8 Å². The zero-order valence-electron chi connectivity index (χ0n) is 13.7. The monoisotopic (exact) mass is 298 g/mol. The molecule has 0 aromatic rings. The largest absolute Gasteiger partial charge is 0.460 e. The van der Waals surface area contributed by atoms with E-state index in [-0.39, 0.29) is 18.2 Å². The average Bonchev–Trinajstić information content (AvgIpc) is 2.37. The van der Waals surface area contributed by atoms with Crippen molar-refractivity contribution < 1.29 is 19.4 Å². The first-order valence-electron chi connectivity index (χ1n) is 8.40. The molecule has 0 amide bonds. The van der Waals surface area contributed by atoms with Gasteiger partial charge in [0.05, 0.1) is 12.2 Å². The van der Waals surface area contributed by atoms with Gasteiger partial charge in [-0.2, -0.15) is 0 Å². The number of esters is 1. The van der Waals surface area contributed by atoms with Crippen LogP contribution in [0.5, 0.6) is 0 Å². The number of carbonyl (C=O) groups is 1. The summed E-state index contributed by atoms with van der Waals surface area (Å²) in [5, 5.41) is 9.80. The lowest BCUT2D eigenvalue weighted by Gasteiger charge is -2.38. The van der Waals surface area contributed by atoms with Crippen LogP contribution < -0.4 is 0 Å². The molecule has 1 saturated carbocycles. The second-order valence-electron chi connectivity index (χ2n) is 7.36. The van der Waals surface area contributed by atoms with Gasteiger partial charge in [-0.3, -0.25) is 0 Å². The summed E-state index contributed by atoms with van der Waals surface area (Å²) in [5.41, 5.74) is 0. The lowest BCUT2D eigenvalue weighted by Crippen LogP contribution is -2.43. The summed E-state index contributed by atoms with van der Waals surface area (Å²) in [6.45, 7) is 8.51. The van der Waals surface area contributed by atoms with Gasteiger partial charge in [-0.15, -0.1) is 0 Å². The molecule has 2 fully saturated rings. The minimum absolute atomic E-state index is 0.000717. The fraction of sp³-hybridized carbons (Fsp3) is 0.941. The third-order valence-electron chi connectivity index (χ3n) is 4.98. The summed E-state index contributed by atoms with van der Waals surface area (Å²) < 4.78 is 11.4. The maximum atomic E-state index is 12.4. The lowest BCUT2D eigenvalue weighted by atomic mass is 9.75. The van der Waals surface area contributed by atoms with E-state index < -0.39 is 12.2 Å². The van der Waals surface area contributed by atoms with Crippen LogP contribution in [0.1, 0.15) is 59.8 Å². The van der Waals surface area contributed by atoms with E-state index in [1.165, 1.54) is 6.42 Å². The molecular formula is C17H30O4. The highest BCUT2D eigenvalue weighted by molar-refractivity contribution is 5.75. The van der Waals surface area contributed by atoms with Crippen molar-refractivity contribution >= 4 is 5.97 Å². The van der Waals surface area contributed by atoms with Crippen LogP contribution in [0.25, 0.3) is 0 Å². The molecule has 1 aliphatic carbocycles. The fourth-order valence-electron chi connectivity index (χ4n) is 3.75. The van der Waals surface area contributed by atoms with Crippen LogP contribution in [0.15, 0.2) is 0 Å². The van der Waals surface area contributed by atoms with Crippen LogP contribution >= 0.6 is 0 Å². The van der Waals surface area contributed by atoms with Gasteiger partial charge in [0.25, 0.3) is 0 Å². The Labute approximate surface area is 128 Å². The summed E-state index contributed by atoms with van der Waals surface area (Å²) in [6, 6.07) is 0. The van der Waals surface area contributed by atoms with E-state index in [9.17, 15) is 9.90 Å². The van der Waals surface area contributed by atoms with E-state index in [0.29, 0.717) is 30.6 Å². The maximum absolute atomic E-state index is 12.4. The molecule has 1 N–H and O–H groups in total. The summed E-state index contributed by atoms with van der Waals surface area (Å²) in [4.78, 5) is 12.4. The molecule has 4 nitrogen and oxygen atoms in total. The maximum Gasteiger partial charge on any atom is 0.335 e. The molecular weight excluding hydrogens is 268 g/mol. The number of hydrogen-bond donors (Lipinski definition) is 1. The molecule has 0 aromatic carbocycles. The number of ether oxygens (including phenoxy) is 2. The second kappa shape index (κ2) is 7.10. The smallest absolute Gasteiger partial charge is 0.335 e. The van der Waals surface area contributed by atoms with Gasteiger partial charge < -0.3 is 14.6 Å². The molecule has 0 aromatic heterocycles. The Morgan fingerprint density at radius 2 is 1.90 bits per heavy atom. The first-order valence-corrected chi connectivity index (χ1v) is 8.40. The van der Waals surface area contributed by atoms with Crippen LogP contribution in [-0.4, -0.2) is 35.5 Å². The van der Waals surface area contributed by atoms with Crippen molar-refractivity contribution in [3.05, 3.63) is 0 Å². The Balaban J connectivity index is 1.96. The molecule has 0 bridgehead atoms. The molecule has 122 valence electrons. The van der Waals surface area contributed by atoms with Crippen molar-refractivity contribution in [3.63, 3.8) is 0 Å². The van der Waals surface area contributed by atoms with E-state index in [1.807, 2.05) is 6.92 Å². The number of carbonyl (C=O) groups excluding carboxylic acids is 1. The van der Waals surface area contributed by atoms with Crippen molar-refractivity contribution in [2.75, 3.05) is 0 Å². The van der Waals surface area contributed by atoms with Crippen LogP contribution in [0, 0.1) is 17.8 Å². The Kier molecular flexibility index (Phi) is 5.67. The van der Waals surface area contributed by atoms with Crippen molar-refractivity contribution in [2.24, 2.45) is 17.8 Å². The minimum Gasteiger partial charge on any atom is -0.460 e. The van der Waals surface area contributed by atoms with Crippen molar-refractivity contribution in [1.82, 2.24) is 0 Å². The molecule has 0 radical (unpaired) electrons. The summed E-state index contributed by atoms with van der Waals surface area (Å²) in [7, 11) is 0. The molecule has 6 atom stereocenters. The second-order valence-corrected chi connectivity index (χ2v) is 7.36. The average molecular weight is 298 g/mol. The summed E-state index contributed by atoms with van der Waals surface area (Å²) in [5.74, 6) is 1.28. The Bertz CT molecular complexity index is 345. The zero-order valence-corrected chi connectivity index (χ0v) is 13.7. The number of aliphatic hydroxyl groups excluding tert-OH is 1. The summed E-state index contributed by atoms with van der Waals surface area (Å²) in [6.07, 6.45) is 3.09. The first kappa shape index (κ1) is 16.8. The van der Waals surface area contributed by atoms with Crippen LogP contribution in [0.3, 0.4) is 0 Å². The molecule has 0 unspecified atom stereocenters. The quantitative estimate of drug-likeness (QED) is 0.814. The Morgan fingerprint density at radius 1 is 1.19 bits per heavy atom.